The molecule has 1 fully saturated rings. The van der Waals surface area contributed by atoms with Crippen molar-refractivity contribution in [1.82, 2.24) is 14.9 Å². The number of imidazole rings is 1. The number of carbonyl (C=O) groups is 2. The molecule has 0 aliphatic carbocycles. The Morgan fingerprint density at radius 1 is 1.00 bits per heavy atom. The molecule has 5 rings (SSSR count). The van der Waals surface area contributed by atoms with Crippen LogP contribution in [-0.4, -0.2) is 52.9 Å². The number of H-pyrrole nitrogens is 1. The van der Waals surface area contributed by atoms with Crippen molar-refractivity contribution in [2.45, 2.75) is 6.54 Å². The Hall–Kier alpha value is -3.33. The van der Waals surface area contributed by atoms with E-state index in [0.717, 1.165) is 30.2 Å². The van der Waals surface area contributed by atoms with Crippen molar-refractivity contribution in [3.8, 4) is 0 Å². The SMILES string of the molecule is O=C(c1ccc(Cl)s1)N1CCN(c2ccc(N(Cc3cnc[nH]3)C(=O)c3cccc(Cl)c3)cc2)CC1. The molecule has 1 N–H and O–H groups in total. The van der Waals surface area contributed by atoms with E-state index >= 15 is 0 Å². The van der Waals surface area contributed by atoms with Crippen molar-refractivity contribution in [2.24, 2.45) is 0 Å². The van der Waals surface area contributed by atoms with Gasteiger partial charge in [-0.05, 0) is 54.6 Å². The van der Waals surface area contributed by atoms with Gasteiger partial charge in [-0.2, -0.15) is 0 Å². The molecule has 0 saturated carbocycles. The molecule has 1 aliphatic rings. The van der Waals surface area contributed by atoms with Crippen LogP contribution in [0.4, 0.5) is 11.4 Å². The number of aromatic nitrogens is 2. The molecule has 3 heterocycles. The summed E-state index contributed by atoms with van der Waals surface area (Å²) < 4.78 is 0.618. The fraction of sp³-hybridized carbons (Fsp3) is 0.192. The summed E-state index contributed by atoms with van der Waals surface area (Å²) >= 11 is 13.4. The Kier molecular flexibility index (Phi) is 7.27. The van der Waals surface area contributed by atoms with Crippen LogP contribution < -0.4 is 9.80 Å². The number of carbonyl (C=O) groups excluding carboxylic acids is 2. The second-order valence-electron chi connectivity index (χ2n) is 8.38. The third kappa shape index (κ3) is 5.41. The van der Waals surface area contributed by atoms with Crippen LogP contribution in [0.15, 0.2) is 73.2 Å². The largest absolute Gasteiger partial charge is 0.368 e. The fourth-order valence-electron chi connectivity index (χ4n) is 4.20. The molecule has 0 bridgehead atoms. The number of nitrogens with one attached hydrogen (secondary N) is 1. The number of aromatic amines is 1. The molecule has 10 heteroatoms. The molecule has 1 aliphatic heterocycles. The average Bonchev–Trinajstić information content (AvgIpc) is 3.58. The van der Waals surface area contributed by atoms with Crippen LogP contribution >= 0.6 is 34.5 Å². The quantitative estimate of drug-likeness (QED) is 0.346. The Balaban J connectivity index is 1.29. The molecule has 1 saturated heterocycles. The van der Waals surface area contributed by atoms with Gasteiger partial charge in [0.15, 0.2) is 0 Å². The zero-order valence-electron chi connectivity index (χ0n) is 19.2. The maximum Gasteiger partial charge on any atom is 0.264 e. The molecular formula is C26H23Cl2N5O2S. The molecular weight excluding hydrogens is 517 g/mol. The van der Waals surface area contributed by atoms with Gasteiger partial charge in [0, 0.05) is 54.3 Å². The molecule has 7 nitrogen and oxygen atoms in total. The van der Waals surface area contributed by atoms with Gasteiger partial charge in [0.1, 0.15) is 0 Å². The van der Waals surface area contributed by atoms with Crippen molar-refractivity contribution in [3.63, 3.8) is 0 Å². The number of amides is 2. The summed E-state index contributed by atoms with van der Waals surface area (Å²) in [6.07, 6.45) is 3.30. The third-order valence-electron chi connectivity index (χ3n) is 6.08. The number of hydrogen-bond donors (Lipinski definition) is 1. The van der Waals surface area contributed by atoms with Gasteiger partial charge in [0.05, 0.1) is 27.8 Å². The zero-order valence-corrected chi connectivity index (χ0v) is 21.6. The van der Waals surface area contributed by atoms with E-state index in [1.54, 1.807) is 53.8 Å². The Labute approximate surface area is 222 Å². The van der Waals surface area contributed by atoms with Gasteiger partial charge < -0.3 is 19.7 Å². The van der Waals surface area contributed by atoms with E-state index < -0.39 is 0 Å². The standard InChI is InChI=1S/C26H23Cl2N5O2S/c27-19-3-1-2-18(14-19)25(34)33(16-20-15-29-17-30-20)22-6-4-21(5-7-22)31-10-12-32(13-11-31)26(35)23-8-9-24(28)36-23/h1-9,14-15,17H,10-13,16H2,(H,29,30). The second kappa shape index (κ2) is 10.7. The van der Waals surface area contributed by atoms with E-state index in [9.17, 15) is 9.59 Å². The molecule has 0 spiro atoms. The lowest BCUT2D eigenvalue weighted by Gasteiger charge is -2.36. The van der Waals surface area contributed by atoms with Crippen molar-refractivity contribution < 1.29 is 9.59 Å². The number of rotatable bonds is 6. The van der Waals surface area contributed by atoms with Gasteiger partial charge >= 0.3 is 0 Å². The molecule has 2 amide bonds. The van der Waals surface area contributed by atoms with E-state index in [4.69, 9.17) is 23.2 Å². The second-order valence-corrected chi connectivity index (χ2v) is 10.5. The summed E-state index contributed by atoms with van der Waals surface area (Å²) in [7, 11) is 0. The topological polar surface area (TPSA) is 72.5 Å². The minimum atomic E-state index is -0.152. The molecule has 2 aromatic carbocycles. The van der Waals surface area contributed by atoms with Gasteiger partial charge in [0.2, 0.25) is 0 Å². The molecule has 36 heavy (non-hydrogen) atoms. The minimum Gasteiger partial charge on any atom is -0.368 e. The normalized spacial score (nSPS) is 13.6. The van der Waals surface area contributed by atoms with Crippen LogP contribution in [0, 0.1) is 0 Å². The Bertz CT molecular complexity index is 1350. The third-order valence-corrected chi connectivity index (χ3v) is 7.53. The summed E-state index contributed by atoms with van der Waals surface area (Å²) in [5.41, 5.74) is 3.14. The monoisotopic (exact) mass is 539 g/mol. The fourth-order valence-corrected chi connectivity index (χ4v) is 5.40. The van der Waals surface area contributed by atoms with E-state index in [1.165, 1.54) is 11.3 Å². The van der Waals surface area contributed by atoms with E-state index in [-0.39, 0.29) is 11.8 Å². The highest BCUT2D eigenvalue weighted by molar-refractivity contribution is 7.17. The maximum absolute atomic E-state index is 13.4. The predicted octanol–water partition coefficient (Wildman–Crippen LogP) is 5.59. The molecule has 4 aromatic rings. The van der Waals surface area contributed by atoms with Gasteiger partial charge in [-0.15, -0.1) is 11.3 Å². The average molecular weight is 540 g/mol. The van der Waals surface area contributed by atoms with Gasteiger partial charge in [-0.3, -0.25) is 9.59 Å². The van der Waals surface area contributed by atoms with Crippen LogP contribution in [0.2, 0.25) is 9.36 Å². The summed E-state index contributed by atoms with van der Waals surface area (Å²) in [5, 5.41) is 0.512. The summed E-state index contributed by atoms with van der Waals surface area (Å²) in [4.78, 5) is 39.7. The highest BCUT2D eigenvalue weighted by Crippen LogP contribution is 2.27. The predicted molar refractivity (Wildman–Crippen MR) is 144 cm³/mol. The molecule has 184 valence electrons. The molecule has 0 radical (unpaired) electrons. The number of nitrogens with zero attached hydrogens (tertiary/aromatic N) is 4. The lowest BCUT2D eigenvalue weighted by molar-refractivity contribution is 0.0751. The number of benzene rings is 2. The first kappa shape index (κ1) is 24.4. The van der Waals surface area contributed by atoms with Crippen molar-refractivity contribution in [1.29, 1.82) is 0 Å². The zero-order chi connectivity index (χ0) is 25.1. The summed E-state index contributed by atoms with van der Waals surface area (Å²) in [6, 6.07) is 18.4. The van der Waals surface area contributed by atoms with Crippen LogP contribution in [0.1, 0.15) is 25.7 Å². The van der Waals surface area contributed by atoms with Gasteiger partial charge in [-0.1, -0.05) is 29.3 Å². The lowest BCUT2D eigenvalue weighted by Crippen LogP contribution is -2.48. The Morgan fingerprint density at radius 2 is 1.78 bits per heavy atom. The molecule has 0 atom stereocenters. The lowest BCUT2D eigenvalue weighted by atomic mass is 10.1. The van der Waals surface area contributed by atoms with E-state index in [1.807, 2.05) is 29.2 Å². The summed E-state index contributed by atoms with van der Waals surface area (Å²) in [6.45, 7) is 3.07. The minimum absolute atomic E-state index is 0.0240. The number of anilines is 2. The number of piperazine rings is 1. The highest BCUT2D eigenvalue weighted by atomic mass is 35.5. The van der Waals surface area contributed by atoms with Crippen molar-refractivity contribution in [2.75, 3.05) is 36.0 Å². The summed E-state index contributed by atoms with van der Waals surface area (Å²) in [5.74, 6) is -0.128. The first-order chi connectivity index (χ1) is 17.5. The van der Waals surface area contributed by atoms with Crippen molar-refractivity contribution >= 4 is 57.7 Å². The van der Waals surface area contributed by atoms with Gasteiger partial charge in [-0.25, -0.2) is 4.98 Å². The van der Waals surface area contributed by atoms with Gasteiger partial charge in [0.25, 0.3) is 11.8 Å². The number of halogens is 2. The molecule has 2 aromatic heterocycles. The number of thiophene rings is 1. The van der Waals surface area contributed by atoms with Crippen LogP contribution in [-0.2, 0) is 6.54 Å². The first-order valence-electron chi connectivity index (χ1n) is 11.4. The smallest absolute Gasteiger partial charge is 0.264 e. The van der Waals surface area contributed by atoms with E-state index in [2.05, 4.69) is 14.9 Å². The Morgan fingerprint density at radius 3 is 2.42 bits per heavy atom. The van der Waals surface area contributed by atoms with Crippen LogP contribution in [0.5, 0.6) is 0 Å². The molecule has 0 unspecified atom stereocenters. The number of hydrogen-bond acceptors (Lipinski definition) is 5. The first-order valence-corrected chi connectivity index (χ1v) is 13.0. The van der Waals surface area contributed by atoms with E-state index in [0.29, 0.717) is 39.4 Å². The maximum atomic E-state index is 13.4. The van der Waals surface area contributed by atoms with Crippen molar-refractivity contribution in [3.05, 3.63) is 98.7 Å². The van der Waals surface area contributed by atoms with Crippen LogP contribution in [0.25, 0.3) is 0 Å². The van der Waals surface area contributed by atoms with Crippen LogP contribution in [0.3, 0.4) is 0 Å². The highest BCUT2D eigenvalue weighted by Gasteiger charge is 2.24.